The van der Waals surface area contributed by atoms with Gasteiger partial charge in [0.2, 0.25) is 0 Å². The van der Waals surface area contributed by atoms with E-state index in [0.29, 0.717) is 36.9 Å². The van der Waals surface area contributed by atoms with Crippen molar-refractivity contribution < 1.29 is 14.3 Å². The number of ether oxygens (including phenoxy) is 1. The number of hydrogen-bond donors (Lipinski definition) is 1. The second-order valence-corrected chi connectivity index (χ2v) is 6.88. The molecule has 6 heteroatoms. The Kier molecular flexibility index (Phi) is 6.41. The van der Waals surface area contributed by atoms with Crippen LogP contribution in [-0.2, 0) is 4.79 Å². The fourth-order valence-electron chi connectivity index (χ4n) is 3.18. The molecule has 3 rings (SSSR count). The van der Waals surface area contributed by atoms with E-state index in [-0.39, 0.29) is 18.4 Å². The quantitative estimate of drug-likeness (QED) is 0.851. The minimum Gasteiger partial charge on any atom is -0.484 e. The van der Waals surface area contributed by atoms with Crippen molar-refractivity contribution >= 4 is 11.8 Å². The van der Waals surface area contributed by atoms with Crippen molar-refractivity contribution in [3.8, 4) is 5.75 Å². The minimum absolute atomic E-state index is 0.0167. The van der Waals surface area contributed by atoms with Gasteiger partial charge in [-0.1, -0.05) is 12.1 Å². The normalized spacial score (nSPS) is 14.6. The van der Waals surface area contributed by atoms with Crippen LogP contribution in [0.15, 0.2) is 48.8 Å². The van der Waals surface area contributed by atoms with Gasteiger partial charge in [-0.05, 0) is 55.5 Å². The molecule has 142 valence electrons. The highest BCUT2D eigenvalue weighted by molar-refractivity contribution is 5.94. The van der Waals surface area contributed by atoms with Gasteiger partial charge >= 0.3 is 0 Å². The Bertz CT molecular complexity index is 771. The molecule has 0 saturated carbocycles. The third kappa shape index (κ3) is 5.54. The van der Waals surface area contributed by atoms with Crippen molar-refractivity contribution in [2.45, 2.75) is 19.8 Å². The summed E-state index contributed by atoms with van der Waals surface area (Å²) >= 11 is 0. The summed E-state index contributed by atoms with van der Waals surface area (Å²) in [4.78, 5) is 30.2. The number of amides is 2. The maximum atomic E-state index is 12.4. The van der Waals surface area contributed by atoms with Gasteiger partial charge in [0.1, 0.15) is 5.75 Å². The van der Waals surface area contributed by atoms with Crippen LogP contribution in [0.1, 0.15) is 28.8 Å². The average Bonchev–Trinajstić information content (AvgIpc) is 2.71. The van der Waals surface area contributed by atoms with Crippen LogP contribution in [0.2, 0.25) is 0 Å². The number of carbonyl (C=O) groups is 2. The van der Waals surface area contributed by atoms with Crippen LogP contribution in [-0.4, -0.2) is 47.9 Å². The predicted molar refractivity (Wildman–Crippen MR) is 103 cm³/mol. The second-order valence-electron chi connectivity index (χ2n) is 6.88. The third-order valence-electron chi connectivity index (χ3n) is 4.78. The number of rotatable bonds is 6. The van der Waals surface area contributed by atoms with Crippen molar-refractivity contribution in [2.75, 3.05) is 26.2 Å². The molecular weight excluding hydrogens is 342 g/mol. The molecule has 1 N–H and O–H groups in total. The zero-order chi connectivity index (χ0) is 19.1. The van der Waals surface area contributed by atoms with Crippen LogP contribution in [0.5, 0.6) is 5.75 Å². The third-order valence-corrected chi connectivity index (χ3v) is 4.78. The van der Waals surface area contributed by atoms with Crippen LogP contribution in [0, 0.1) is 12.8 Å². The molecule has 6 nitrogen and oxygen atoms in total. The van der Waals surface area contributed by atoms with Crippen LogP contribution in [0.25, 0.3) is 0 Å². The number of benzene rings is 1. The standard InChI is InChI=1S/C21H25N3O3/c1-16-3-2-4-19(13-16)27-15-20(25)23-14-17-7-11-24(12-8-17)21(26)18-5-9-22-10-6-18/h2-6,9-10,13,17H,7-8,11-12,14-15H2,1H3,(H,23,25). The lowest BCUT2D eigenvalue weighted by Crippen LogP contribution is -2.42. The summed E-state index contributed by atoms with van der Waals surface area (Å²) in [5, 5.41) is 2.94. The number of hydrogen-bond acceptors (Lipinski definition) is 4. The van der Waals surface area contributed by atoms with Crippen molar-refractivity contribution in [2.24, 2.45) is 5.92 Å². The molecule has 27 heavy (non-hydrogen) atoms. The van der Waals surface area contributed by atoms with Crippen molar-refractivity contribution in [3.63, 3.8) is 0 Å². The van der Waals surface area contributed by atoms with Crippen molar-refractivity contribution in [3.05, 3.63) is 59.9 Å². The first kappa shape index (κ1) is 18.9. The molecule has 0 aliphatic carbocycles. The van der Waals surface area contributed by atoms with Gasteiger partial charge in [0, 0.05) is 37.6 Å². The Morgan fingerprint density at radius 1 is 1.19 bits per heavy atom. The molecule has 1 saturated heterocycles. The topological polar surface area (TPSA) is 71.5 Å². The lowest BCUT2D eigenvalue weighted by molar-refractivity contribution is -0.123. The number of aryl methyl sites for hydroxylation is 1. The summed E-state index contributed by atoms with van der Waals surface area (Å²) in [6, 6.07) is 11.1. The highest BCUT2D eigenvalue weighted by Crippen LogP contribution is 2.18. The van der Waals surface area contributed by atoms with E-state index in [2.05, 4.69) is 10.3 Å². The zero-order valence-electron chi connectivity index (χ0n) is 15.6. The molecule has 2 heterocycles. The Morgan fingerprint density at radius 3 is 2.63 bits per heavy atom. The van der Waals surface area contributed by atoms with Crippen molar-refractivity contribution in [1.82, 2.24) is 15.2 Å². The Morgan fingerprint density at radius 2 is 1.93 bits per heavy atom. The summed E-state index contributed by atoms with van der Waals surface area (Å²) in [6.45, 7) is 4.04. The lowest BCUT2D eigenvalue weighted by atomic mass is 9.96. The van der Waals surface area contributed by atoms with E-state index in [0.717, 1.165) is 18.4 Å². The van der Waals surface area contributed by atoms with Crippen LogP contribution < -0.4 is 10.1 Å². The van der Waals surface area contributed by atoms with Gasteiger partial charge in [0.25, 0.3) is 11.8 Å². The largest absolute Gasteiger partial charge is 0.484 e. The molecular formula is C21H25N3O3. The van der Waals surface area contributed by atoms with E-state index in [1.807, 2.05) is 36.1 Å². The Hall–Kier alpha value is -2.89. The highest BCUT2D eigenvalue weighted by atomic mass is 16.5. The number of carbonyl (C=O) groups excluding carboxylic acids is 2. The Balaban J connectivity index is 1.37. The van der Waals surface area contributed by atoms with Gasteiger partial charge in [-0.15, -0.1) is 0 Å². The maximum Gasteiger partial charge on any atom is 0.257 e. The Labute approximate surface area is 159 Å². The summed E-state index contributed by atoms with van der Waals surface area (Å²) in [5.74, 6) is 1.01. The van der Waals surface area contributed by atoms with Crippen LogP contribution in [0.4, 0.5) is 0 Å². The number of likely N-dealkylation sites (tertiary alicyclic amines) is 1. The van der Waals surface area contributed by atoms with Gasteiger partial charge in [-0.3, -0.25) is 14.6 Å². The molecule has 0 spiro atoms. The highest BCUT2D eigenvalue weighted by Gasteiger charge is 2.23. The predicted octanol–water partition coefficient (Wildman–Crippen LogP) is 2.44. The summed E-state index contributed by atoms with van der Waals surface area (Å²) in [7, 11) is 0. The first-order chi connectivity index (χ1) is 13.1. The second kappa shape index (κ2) is 9.16. The van der Waals surface area contributed by atoms with Gasteiger partial charge < -0.3 is 15.0 Å². The van der Waals surface area contributed by atoms with Crippen LogP contribution in [0.3, 0.4) is 0 Å². The minimum atomic E-state index is -0.119. The molecule has 0 bridgehead atoms. The number of aromatic nitrogens is 1. The van der Waals surface area contributed by atoms with E-state index < -0.39 is 0 Å². The average molecular weight is 367 g/mol. The molecule has 2 amide bonds. The van der Waals surface area contributed by atoms with Gasteiger partial charge in [0.15, 0.2) is 6.61 Å². The molecule has 1 aliphatic rings. The molecule has 0 radical (unpaired) electrons. The van der Waals surface area contributed by atoms with Crippen LogP contribution >= 0.6 is 0 Å². The first-order valence-corrected chi connectivity index (χ1v) is 9.27. The molecule has 1 fully saturated rings. The monoisotopic (exact) mass is 367 g/mol. The fraction of sp³-hybridized carbons (Fsp3) is 0.381. The van der Waals surface area contributed by atoms with E-state index in [1.54, 1.807) is 24.5 Å². The van der Waals surface area contributed by atoms with Gasteiger partial charge in [-0.25, -0.2) is 0 Å². The zero-order valence-corrected chi connectivity index (χ0v) is 15.6. The summed E-state index contributed by atoms with van der Waals surface area (Å²) in [5.41, 5.74) is 1.77. The molecule has 1 aromatic carbocycles. The van der Waals surface area contributed by atoms with E-state index >= 15 is 0 Å². The fourth-order valence-corrected chi connectivity index (χ4v) is 3.18. The smallest absolute Gasteiger partial charge is 0.257 e. The SMILES string of the molecule is Cc1cccc(OCC(=O)NCC2CCN(C(=O)c3ccncc3)CC2)c1. The first-order valence-electron chi connectivity index (χ1n) is 9.27. The maximum absolute atomic E-state index is 12.4. The number of pyridine rings is 1. The van der Waals surface area contributed by atoms with E-state index in [1.165, 1.54) is 0 Å². The molecule has 0 unspecified atom stereocenters. The van der Waals surface area contributed by atoms with E-state index in [9.17, 15) is 9.59 Å². The lowest BCUT2D eigenvalue weighted by Gasteiger charge is -2.32. The molecule has 2 aromatic rings. The number of piperidine rings is 1. The molecule has 0 atom stereocenters. The van der Waals surface area contributed by atoms with Crippen molar-refractivity contribution in [1.29, 1.82) is 0 Å². The van der Waals surface area contributed by atoms with Gasteiger partial charge in [-0.2, -0.15) is 0 Å². The summed E-state index contributed by atoms with van der Waals surface area (Å²) in [6.07, 6.45) is 5.04. The number of nitrogens with zero attached hydrogens (tertiary/aromatic N) is 2. The molecule has 1 aliphatic heterocycles. The summed E-state index contributed by atoms with van der Waals surface area (Å²) < 4.78 is 5.52. The van der Waals surface area contributed by atoms with E-state index in [4.69, 9.17) is 4.74 Å². The molecule has 1 aromatic heterocycles. The number of nitrogens with one attached hydrogen (secondary N) is 1. The van der Waals surface area contributed by atoms with Gasteiger partial charge in [0.05, 0.1) is 0 Å².